The van der Waals surface area contributed by atoms with Gasteiger partial charge in [0.25, 0.3) is 0 Å². The van der Waals surface area contributed by atoms with Gasteiger partial charge in [0, 0.05) is 20.1 Å². The maximum Gasteiger partial charge on any atom is 0.203 e. The molecule has 25 heavy (non-hydrogen) atoms. The van der Waals surface area contributed by atoms with Crippen molar-refractivity contribution in [2.24, 2.45) is 10.9 Å². The van der Waals surface area contributed by atoms with Crippen LogP contribution in [0.4, 0.5) is 0 Å². The average Bonchev–Trinajstić information content (AvgIpc) is 2.58. The number of benzene rings is 1. The van der Waals surface area contributed by atoms with E-state index >= 15 is 0 Å². The minimum absolute atomic E-state index is 0. The van der Waals surface area contributed by atoms with Crippen LogP contribution in [0.1, 0.15) is 32.8 Å². The first-order valence-electron chi connectivity index (χ1n) is 8.37. The van der Waals surface area contributed by atoms with Crippen molar-refractivity contribution in [2.45, 2.75) is 33.7 Å². The first-order valence-corrected chi connectivity index (χ1v) is 8.37. The number of guanidine groups is 1. The minimum atomic E-state index is 0. The number of nitrogens with zero attached hydrogens (tertiary/aromatic N) is 1. The van der Waals surface area contributed by atoms with E-state index in [1.54, 1.807) is 21.3 Å². The highest BCUT2D eigenvalue weighted by molar-refractivity contribution is 14.0. The van der Waals surface area contributed by atoms with Gasteiger partial charge in [-0.05, 0) is 37.0 Å². The minimum Gasteiger partial charge on any atom is -0.493 e. The molecular weight excluding hydrogens is 433 g/mol. The summed E-state index contributed by atoms with van der Waals surface area (Å²) in [6, 6.07) is 3.89. The van der Waals surface area contributed by atoms with Gasteiger partial charge < -0.3 is 24.8 Å². The zero-order valence-electron chi connectivity index (χ0n) is 16.1. The SMILES string of the molecule is CCOc1c(OC)cc(CNC(=NC)NCCC(C)C)cc1OC.I. The van der Waals surface area contributed by atoms with Crippen LogP contribution in [0.25, 0.3) is 0 Å². The molecule has 0 radical (unpaired) electrons. The molecule has 0 saturated heterocycles. The molecule has 0 heterocycles. The third kappa shape index (κ3) is 8.02. The number of halogens is 1. The number of hydrogen-bond acceptors (Lipinski definition) is 4. The van der Waals surface area contributed by atoms with E-state index in [4.69, 9.17) is 14.2 Å². The summed E-state index contributed by atoms with van der Waals surface area (Å²) in [5, 5.41) is 6.61. The molecule has 6 nitrogen and oxygen atoms in total. The Morgan fingerprint density at radius 3 is 2.16 bits per heavy atom. The summed E-state index contributed by atoms with van der Waals surface area (Å²) < 4.78 is 16.5. The third-order valence-electron chi connectivity index (χ3n) is 3.51. The van der Waals surface area contributed by atoms with Crippen molar-refractivity contribution in [2.75, 3.05) is 34.4 Å². The van der Waals surface area contributed by atoms with E-state index in [2.05, 4.69) is 29.5 Å². The normalized spacial score (nSPS) is 10.9. The van der Waals surface area contributed by atoms with Crippen LogP contribution < -0.4 is 24.8 Å². The molecule has 144 valence electrons. The van der Waals surface area contributed by atoms with E-state index in [1.165, 1.54) is 0 Å². The molecule has 2 N–H and O–H groups in total. The molecule has 0 atom stereocenters. The Kier molecular flexibility index (Phi) is 12.2. The van der Waals surface area contributed by atoms with Crippen LogP contribution in [0.5, 0.6) is 17.2 Å². The number of rotatable bonds is 9. The zero-order chi connectivity index (χ0) is 17.9. The summed E-state index contributed by atoms with van der Waals surface area (Å²) in [6.45, 7) is 8.40. The molecule has 0 fully saturated rings. The fourth-order valence-corrected chi connectivity index (χ4v) is 2.21. The Hall–Kier alpha value is -1.38. The van der Waals surface area contributed by atoms with E-state index in [9.17, 15) is 0 Å². The topological polar surface area (TPSA) is 64.1 Å². The van der Waals surface area contributed by atoms with Gasteiger partial charge in [-0.3, -0.25) is 4.99 Å². The van der Waals surface area contributed by atoms with Crippen LogP contribution in [-0.2, 0) is 6.54 Å². The first kappa shape index (κ1) is 23.6. The number of nitrogens with one attached hydrogen (secondary N) is 2. The van der Waals surface area contributed by atoms with Crippen molar-refractivity contribution in [3.8, 4) is 17.2 Å². The Labute approximate surface area is 168 Å². The largest absolute Gasteiger partial charge is 0.493 e. The molecule has 0 aromatic heterocycles. The molecule has 0 aliphatic heterocycles. The molecule has 0 amide bonds. The predicted octanol–water partition coefficient (Wildman–Crippen LogP) is 3.43. The Morgan fingerprint density at radius 2 is 1.72 bits per heavy atom. The van der Waals surface area contributed by atoms with Crippen LogP contribution in [0.2, 0.25) is 0 Å². The van der Waals surface area contributed by atoms with Gasteiger partial charge in [-0.15, -0.1) is 24.0 Å². The highest BCUT2D eigenvalue weighted by atomic mass is 127. The lowest BCUT2D eigenvalue weighted by Gasteiger charge is -2.17. The maximum atomic E-state index is 5.62. The van der Waals surface area contributed by atoms with Gasteiger partial charge in [-0.25, -0.2) is 0 Å². The van der Waals surface area contributed by atoms with Gasteiger partial charge in [-0.2, -0.15) is 0 Å². The fourth-order valence-electron chi connectivity index (χ4n) is 2.21. The van der Waals surface area contributed by atoms with Crippen molar-refractivity contribution >= 4 is 29.9 Å². The molecule has 1 rings (SSSR count). The summed E-state index contributed by atoms with van der Waals surface area (Å²) in [5.41, 5.74) is 1.03. The number of hydrogen-bond donors (Lipinski definition) is 2. The average molecular weight is 465 g/mol. The van der Waals surface area contributed by atoms with Crippen LogP contribution in [0.3, 0.4) is 0 Å². The lowest BCUT2D eigenvalue weighted by atomic mass is 10.1. The van der Waals surface area contributed by atoms with Gasteiger partial charge in [-0.1, -0.05) is 13.8 Å². The van der Waals surface area contributed by atoms with Crippen molar-refractivity contribution in [3.05, 3.63) is 17.7 Å². The lowest BCUT2D eigenvalue weighted by Crippen LogP contribution is -2.37. The Bertz CT molecular complexity index is 511. The molecule has 0 spiro atoms. The van der Waals surface area contributed by atoms with Crippen molar-refractivity contribution < 1.29 is 14.2 Å². The molecule has 7 heteroatoms. The summed E-state index contributed by atoms with van der Waals surface area (Å²) in [5.74, 6) is 3.40. The second-order valence-electron chi connectivity index (χ2n) is 5.80. The van der Waals surface area contributed by atoms with Gasteiger partial charge >= 0.3 is 0 Å². The number of aliphatic imine (C=N–C) groups is 1. The monoisotopic (exact) mass is 465 g/mol. The van der Waals surface area contributed by atoms with Crippen LogP contribution in [-0.4, -0.2) is 40.4 Å². The van der Waals surface area contributed by atoms with Crippen molar-refractivity contribution in [3.63, 3.8) is 0 Å². The van der Waals surface area contributed by atoms with Crippen LogP contribution in [0, 0.1) is 5.92 Å². The Balaban J connectivity index is 0.00000576. The quantitative estimate of drug-likeness (QED) is 0.333. The molecule has 1 aromatic carbocycles. The summed E-state index contributed by atoms with van der Waals surface area (Å²) in [7, 11) is 5.02. The van der Waals surface area contributed by atoms with Crippen LogP contribution >= 0.6 is 24.0 Å². The van der Waals surface area contributed by atoms with E-state index in [-0.39, 0.29) is 24.0 Å². The van der Waals surface area contributed by atoms with Gasteiger partial charge in [0.15, 0.2) is 17.5 Å². The smallest absolute Gasteiger partial charge is 0.203 e. The van der Waals surface area contributed by atoms with E-state index in [1.807, 2.05) is 19.1 Å². The second kappa shape index (κ2) is 12.9. The van der Waals surface area contributed by atoms with E-state index in [0.29, 0.717) is 36.3 Å². The first-order chi connectivity index (χ1) is 11.5. The molecule has 0 unspecified atom stereocenters. The van der Waals surface area contributed by atoms with Gasteiger partial charge in [0.2, 0.25) is 5.75 Å². The van der Waals surface area contributed by atoms with Gasteiger partial charge in [0.05, 0.1) is 20.8 Å². The zero-order valence-corrected chi connectivity index (χ0v) is 18.5. The molecule has 0 aliphatic rings. The predicted molar refractivity (Wildman–Crippen MR) is 114 cm³/mol. The summed E-state index contributed by atoms with van der Waals surface area (Å²) >= 11 is 0. The lowest BCUT2D eigenvalue weighted by molar-refractivity contribution is 0.288. The summed E-state index contributed by atoms with van der Waals surface area (Å²) in [6.07, 6.45) is 1.10. The highest BCUT2D eigenvalue weighted by Gasteiger charge is 2.14. The third-order valence-corrected chi connectivity index (χ3v) is 3.51. The molecule has 0 bridgehead atoms. The van der Waals surface area contributed by atoms with E-state index < -0.39 is 0 Å². The molecule has 0 aliphatic carbocycles. The fraction of sp³-hybridized carbons (Fsp3) is 0.611. The maximum absolute atomic E-state index is 5.62. The number of methoxy groups -OCH3 is 2. The standard InChI is InChI=1S/C18H31N3O3.HI/c1-7-24-17-15(22-5)10-14(11-16(17)23-6)12-21-18(19-4)20-9-8-13(2)3;/h10-11,13H,7-9,12H2,1-6H3,(H2,19,20,21);1H. The Morgan fingerprint density at radius 1 is 1.12 bits per heavy atom. The van der Waals surface area contributed by atoms with Crippen molar-refractivity contribution in [1.29, 1.82) is 0 Å². The highest BCUT2D eigenvalue weighted by Crippen LogP contribution is 2.38. The number of ether oxygens (including phenoxy) is 3. The van der Waals surface area contributed by atoms with Gasteiger partial charge in [0.1, 0.15) is 0 Å². The molecule has 0 saturated carbocycles. The summed E-state index contributed by atoms with van der Waals surface area (Å²) in [4.78, 5) is 4.24. The van der Waals surface area contributed by atoms with Crippen LogP contribution in [0.15, 0.2) is 17.1 Å². The second-order valence-corrected chi connectivity index (χ2v) is 5.80. The molecular formula is C18H32IN3O3. The van der Waals surface area contributed by atoms with Crippen molar-refractivity contribution in [1.82, 2.24) is 10.6 Å². The van der Waals surface area contributed by atoms with E-state index in [0.717, 1.165) is 24.5 Å². The molecule has 1 aromatic rings.